The summed E-state index contributed by atoms with van der Waals surface area (Å²) in [6.45, 7) is 5.69. The molecule has 5 heteroatoms. The van der Waals surface area contributed by atoms with Crippen LogP contribution in [0.25, 0.3) is 0 Å². The first-order valence-electron chi connectivity index (χ1n) is 6.60. The first-order valence-corrected chi connectivity index (χ1v) is 6.60. The molecule has 1 aromatic rings. The number of nitrogens with one attached hydrogen (secondary N) is 1. The van der Waals surface area contributed by atoms with Gasteiger partial charge in [-0.15, -0.1) is 0 Å². The lowest BCUT2D eigenvalue weighted by atomic mass is 9.95. The molecule has 0 saturated heterocycles. The van der Waals surface area contributed by atoms with Crippen LogP contribution in [0.2, 0.25) is 0 Å². The Morgan fingerprint density at radius 1 is 1.30 bits per heavy atom. The monoisotopic (exact) mass is 281 g/mol. The molecular weight excluding hydrogens is 258 g/mol. The van der Waals surface area contributed by atoms with E-state index >= 15 is 0 Å². The van der Waals surface area contributed by atoms with E-state index in [1.54, 1.807) is 21.0 Å². The minimum Gasteiger partial charge on any atom is -0.492 e. The fraction of sp³-hybridized carbons (Fsp3) is 0.533. The zero-order chi connectivity index (χ0) is 15.0. The van der Waals surface area contributed by atoms with E-state index < -0.39 is 11.4 Å². The topological polar surface area (TPSA) is 67.8 Å². The highest BCUT2D eigenvalue weighted by Crippen LogP contribution is 2.19. The third-order valence-corrected chi connectivity index (χ3v) is 2.91. The smallest absolute Gasteiger partial charge is 0.312 e. The predicted molar refractivity (Wildman–Crippen MR) is 76.9 cm³/mol. The van der Waals surface area contributed by atoms with Gasteiger partial charge in [-0.2, -0.15) is 0 Å². The van der Waals surface area contributed by atoms with Gasteiger partial charge in [0.05, 0.1) is 12.0 Å². The Kier molecular flexibility index (Phi) is 6.48. The van der Waals surface area contributed by atoms with E-state index in [0.29, 0.717) is 12.4 Å². The minimum absolute atomic E-state index is 0.147. The number of carbonyl (C=O) groups is 1. The van der Waals surface area contributed by atoms with Gasteiger partial charge in [0.15, 0.2) is 0 Å². The van der Waals surface area contributed by atoms with Crippen LogP contribution in [0.4, 0.5) is 0 Å². The van der Waals surface area contributed by atoms with Crippen molar-refractivity contribution in [2.45, 2.75) is 20.4 Å². The summed E-state index contributed by atoms with van der Waals surface area (Å²) in [6, 6.07) is 7.63. The molecule has 1 rings (SSSR count). The van der Waals surface area contributed by atoms with Crippen LogP contribution >= 0.6 is 0 Å². The van der Waals surface area contributed by atoms with Crippen molar-refractivity contribution in [2.24, 2.45) is 5.41 Å². The number of hydrogen-bond acceptors (Lipinski definition) is 4. The Hall–Kier alpha value is -1.59. The molecule has 0 fully saturated rings. The molecule has 1 aromatic carbocycles. The molecule has 0 radical (unpaired) electrons. The van der Waals surface area contributed by atoms with Crippen LogP contribution in [0.1, 0.15) is 19.4 Å². The summed E-state index contributed by atoms with van der Waals surface area (Å²) in [5, 5.41) is 12.3. The number of carboxylic acids is 1. The van der Waals surface area contributed by atoms with Gasteiger partial charge in [-0.25, -0.2) is 0 Å². The molecule has 5 nitrogen and oxygen atoms in total. The van der Waals surface area contributed by atoms with Crippen molar-refractivity contribution in [3.05, 3.63) is 29.8 Å². The van der Waals surface area contributed by atoms with Crippen molar-refractivity contribution in [1.29, 1.82) is 0 Å². The highest BCUT2D eigenvalue weighted by Gasteiger charge is 2.28. The molecule has 0 amide bonds. The van der Waals surface area contributed by atoms with Gasteiger partial charge in [0.1, 0.15) is 12.4 Å². The fourth-order valence-corrected chi connectivity index (χ4v) is 1.44. The lowest BCUT2D eigenvalue weighted by molar-refractivity contribution is -0.148. The second kappa shape index (κ2) is 7.87. The molecule has 0 aliphatic heterocycles. The van der Waals surface area contributed by atoms with E-state index in [-0.39, 0.29) is 6.61 Å². The van der Waals surface area contributed by atoms with E-state index in [2.05, 4.69) is 5.32 Å². The number of aliphatic carboxylic acids is 1. The third kappa shape index (κ3) is 5.59. The Morgan fingerprint density at radius 3 is 2.50 bits per heavy atom. The molecule has 0 aliphatic rings. The molecule has 0 aromatic heterocycles. The highest BCUT2D eigenvalue weighted by molar-refractivity contribution is 5.73. The standard InChI is InChI=1S/C15H23NO4/c1-15(2,14(17)18)11-20-13-6-4-12(5-7-13)10-16-8-9-19-3/h4-7,16H,8-11H2,1-3H3,(H,17,18). The average Bonchev–Trinajstić information content (AvgIpc) is 2.42. The molecule has 2 N–H and O–H groups in total. The Balaban J connectivity index is 2.41. The molecule has 0 unspecified atom stereocenters. The summed E-state index contributed by atoms with van der Waals surface area (Å²) in [6.07, 6.45) is 0. The maximum absolute atomic E-state index is 11.0. The average molecular weight is 281 g/mol. The van der Waals surface area contributed by atoms with Crippen molar-refractivity contribution >= 4 is 5.97 Å². The SMILES string of the molecule is COCCNCc1ccc(OCC(C)(C)C(=O)O)cc1. The molecule has 0 atom stereocenters. The van der Waals surface area contributed by atoms with Gasteiger partial charge in [0.25, 0.3) is 0 Å². The third-order valence-electron chi connectivity index (χ3n) is 2.91. The predicted octanol–water partition coefficient (Wildman–Crippen LogP) is 1.91. The lowest BCUT2D eigenvalue weighted by Gasteiger charge is -2.19. The van der Waals surface area contributed by atoms with Gasteiger partial charge in [-0.1, -0.05) is 12.1 Å². The Morgan fingerprint density at radius 2 is 1.95 bits per heavy atom. The van der Waals surface area contributed by atoms with Crippen molar-refractivity contribution in [3.8, 4) is 5.75 Å². The summed E-state index contributed by atoms with van der Waals surface area (Å²) < 4.78 is 10.5. The van der Waals surface area contributed by atoms with Gasteiger partial charge < -0.3 is 19.9 Å². The van der Waals surface area contributed by atoms with Crippen LogP contribution in [0.15, 0.2) is 24.3 Å². The molecule has 0 saturated carbocycles. The van der Waals surface area contributed by atoms with E-state index in [9.17, 15) is 4.79 Å². The molecule has 0 spiro atoms. The van der Waals surface area contributed by atoms with Crippen molar-refractivity contribution < 1.29 is 19.4 Å². The van der Waals surface area contributed by atoms with Crippen molar-refractivity contribution in [2.75, 3.05) is 26.9 Å². The molecule has 0 bridgehead atoms. The molecule has 0 heterocycles. The maximum Gasteiger partial charge on any atom is 0.312 e. The normalized spacial score (nSPS) is 11.3. The number of methoxy groups -OCH3 is 1. The fourth-order valence-electron chi connectivity index (χ4n) is 1.44. The summed E-state index contributed by atoms with van der Waals surface area (Å²) in [7, 11) is 1.67. The van der Waals surface area contributed by atoms with Crippen molar-refractivity contribution in [1.82, 2.24) is 5.32 Å². The van der Waals surface area contributed by atoms with E-state index in [1.807, 2.05) is 24.3 Å². The maximum atomic E-state index is 11.0. The minimum atomic E-state index is -0.889. The Bertz CT molecular complexity index is 414. The first-order chi connectivity index (χ1) is 9.45. The molecular formula is C15H23NO4. The van der Waals surface area contributed by atoms with Gasteiger partial charge in [0.2, 0.25) is 0 Å². The summed E-state index contributed by atoms with van der Waals surface area (Å²) >= 11 is 0. The van der Waals surface area contributed by atoms with Crippen LogP contribution in [0, 0.1) is 5.41 Å². The number of ether oxygens (including phenoxy) is 2. The number of hydrogen-bond donors (Lipinski definition) is 2. The van der Waals surface area contributed by atoms with Crippen molar-refractivity contribution in [3.63, 3.8) is 0 Å². The number of carboxylic acid groups (broad SMARTS) is 1. The van der Waals surface area contributed by atoms with Crippen LogP contribution in [0.5, 0.6) is 5.75 Å². The second-order valence-electron chi connectivity index (χ2n) is 5.29. The molecule has 0 aliphatic carbocycles. The van der Waals surface area contributed by atoms with E-state index in [1.165, 1.54) is 0 Å². The van der Waals surface area contributed by atoms with E-state index in [4.69, 9.17) is 14.6 Å². The molecule has 112 valence electrons. The summed E-state index contributed by atoms with van der Waals surface area (Å²) in [4.78, 5) is 11.0. The number of benzene rings is 1. The highest BCUT2D eigenvalue weighted by atomic mass is 16.5. The van der Waals surface area contributed by atoms with Gasteiger partial charge in [0, 0.05) is 20.2 Å². The molecule has 20 heavy (non-hydrogen) atoms. The van der Waals surface area contributed by atoms with E-state index in [0.717, 1.165) is 18.7 Å². The summed E-state index contributed by atoms with van der Waals surface area (Å²) in [5.74, 6) is -0.184. The first kappa shape index (κ1) is 16.5. The van der Waals surface area contributed by atoms with Gasteiger partial charge in [-0.05, 0) is 31.5 Å². The zero-order valence-corrected chi connectivity index (χ0v) is 12.3. The van der Waals surface area contributed by atoms with Gasteiger partial charge >= 0.3 is 5.97 Å². The summed E-state index contributed by atoms with van der Waals surface area (Å²) in [5.41, 5.74) is 0.256. The van der Waals surface area contributed by atoms with Crippen LogP contribution in [-0.2, 0) is 16.1 Å². The Labute approximate surface area is 119 Å². The van der Waals surface area contributed by atoms with Crippen LogP contribution in [-0.4, -0.2) is 37.9 Å². The largest absolute Gasteiger partial charge is 0.492 e. The van der Waals surface area contributed by atoms with Crippen LogP contribution < -0.4 is 10.1 Å². The number of rotatable bonds is 9. The quantitative estimate of drug-likeness (QED) is 0.677. The zero-order valence-electron chi connectivity index (χ0n) is 12.3. The lowest BCUT2D eigenvalue weighted by Crippen LogP contribution is -2.30. The van der Waals surface area contributed by atoms with Crippen LogP contribution in [0.3, 0.4) is 0 Å². The second-order valence-corrected chi connectivity index (χ2v) is 5.29. The van der Waals surface area contributed by atoms with Gasteiger partial charge in [-0.3, -0.25) is 4.79 Å².